The van der Waals surface area contributed by atoms with Gasteiger partial charge in [-0.2, -0.15) is 0 Å². The number of hydrogen-bond donors (Lipinski definition) is 2. The summed E-state index contributed by atoms with van der Waals surface area (Å²) in [5.41, 5.74) is 11.3. The highest BCUT2D eigenvalue weighted by molar-refractivity contribution is 5.72. The summed E-state index contributed by atoms with van der Waals surface area (Å²) in [6.07, 6.45) is 0.227. The van der Waals surface area contributed by atoms with Crippen LogP contribution in [0.15, 0.2) is 24.3 Å². The molecule has 70 valence electrons. The standard InChI is InChI=1S/C9H12N2O2/c10-6-5-9(12)13-8-3-1-7(11)2-4-8/h1-4H,5-6,10-11H2. The van der Waals surface area contributed by atoms with Crippen molar-refractivity contribution in [2.45, 2.75) is 6.42 Å². The molecule has 0 saturated heterocycles. The molecule has 1 aromatic carbocycles. The Labute approximate surface area is 76.5 Å². The molecule has 0 spiro atoms. The Hall–Kier alpha value is -1.55. The molecule has 0 saturated carbocycles. The number of esters is 1. The van der Waals surface area contributed by atoms with Gasteiger partial charge in [0.05, 0.1) is 6.42 Å². The van der Waals surface area contributed by atoms with Crippen molar-refractivity contribution in [3.63, 3.8) is 0 Å². The van der Waals surface area contributed by atoms with Crippen LogP contribution >= 0.6 is 0 Å². The number of carbonyl (C=O) groups excluding carboxylic acids is 1. The van der Waals surface area contributed by atoms with Crippen LogP contribution in [-0.2, 0) is 4.79 Å². The third kappa shape index (κ3) is 3.13. The Balaban J connectivity index is 2.54. The van der Waals surface area contributed by atoms with Crippen LogP contribution in [0.2, 0.25) is 0 Å². The Bertz CT molecular complexity index is 282. The minimum absolute atomic E-state index is 0.227. The van der Waals surface area contributed by atoms with Gasteiger partial charge in [0.2, 0.25) is 0 Å². The van der Waals surface area contributed by atoms with Crippen molar-refractivity contribution in [3.8, 4) is 5.75 Å². The topological polar surface area (TPSA) is 78.3 Å². The second kappa shape index (κ2) is 4.47. The van der Waals surface area contributed by atoms with Gasteiger partial charge in [-0.05, 0) is 24.3 Å². The lowest BCUT2D eigenvalue weighted by atomic mass is 10.3. The number of hydrogen-bond acceptors (Lipinski definition) is 4. The molecule has 4 heteroatoms. The van der Waals surface area contributed by atoms with Gasteiger partial charge in [0, 0.05) is 12.2 Å². The van der Waals surface area contributed by atoms with Crippen molar-refractivity contribution in [3.05, 3.63) is 24.3 Å². The molecule has 0 aliphatic carbocycles. The van der Waals surface area contributed by atoms with Crippen LogP contribution in [0, 0.1) is 0 Å². The Kier molecular flexibility index (Phi) is 3.28. The maximum absolute atomic E-state index is 11.0. The van der Waals surface area contributed by atoms with Crippen molar-refractivity contribution >= 4 is 11.7 Å². The molecule has 0 aromatic heterocycles. The van der Waals surface area contributed by atoms with Crippen LogP contribution in [0.3, 0.4) is 0 Å². The van der Waals surface area contributed by atoms with Gasteiger partial charge in [0.15, 0.2) is 0 Å². The van der Waals surface area contributed by atoms with Crippen LogP contribution in [0.4, 0.5) is 5.69 Å². The van der Waals surface area contributed by atoms with E-state index in [1.54, 1.807) is 24.3 Å². The molecule has 1 aromatic rings. The molecule has 0 amide bonds. The van der Waals surface area contributed by atoms with Gasteiger partial charge in [-0.15, -0.1) is 0 Å². The third-order valence-electron chi connectivity index (χ3n) is 1.46. The average Bonchev–Trinajstić information content (AvgIpc) is 2.09. The van der Waals surface area contributed by atoms with E-state index in [9.17, 15) is 4.79 Å². The van der Waals surface area contributed by atoms with Gasteiger partial charge in [0.25, 0.3) is 0 Å². The summed E-state index contributed by atoms with van der Waals surface area (Å²) >= 11 is 0. The normalized spacial score (nSPS) is 9.62. The summed E-state index contributed by atoms with van der Waals surface area (Å²) in [6.45, 7) is 0.299. The van der Waals surface area contributed by atoms with Crippen LogP contribution in [0.5, 0.6) is 5.75 Å². The molecule has 0 radical (unpaired) electrons. The predicted octanol–water partition coefficient (Wildman–Crippen LogP) is 0.523. The van der Waals surface area contributed by atoms with Gasteiger partial charge in [-0.3, -0.25) is 4.79 Å². The summed E-state index contributed by atoms with van der Waals surface area (Å²) < 4.78 is 4.94. The summed E-state index contributed by atoms with van der Waals surface area (Å²) in [6, 6.07) is 6.63. The summed E-state index contributed by atoms with van der Waals surface area (Å²) in [7, 11) is 0. The average molecular weight is 180 g/mol. The zero-order chi connectivity index (χ0) is 9.68. The molecule has 0 aliphatic heterocycles. The predicted molar refractivity (Wildman–Crippen MR) is 50.2 cm³/mol. The zero-order valence-corrected chi connectivity index (χ0v) is 7.19. The fourth-order valence-electron chi connectivity index (χ4n) is 0.836. The molecule has 0 aliphatic rings. The van der Waals surface area contributed by atoms with Crippen LogP contribution < -0.4 is 16.2 Å². The summed E-state index contributed by atoms with van der Waals surface area (Å²) in [5.74, 6) is 0.167. The minimum Gasteiger partial charge on any atom is -0.426 e. The van der Waals surface area contributed by atoms with E-state index < -0.39 is 0 Å². The van der Waals surface area contributed by atoms with E-state index in [1.807, 2.05) is 0 Å². The van der Waals surface area contributed by atoms with Crippen molar-refractivity contribution in [1.29, 1.82) is 0 Å². The maximum atomic E-state index is 11.0. The number of benzene rings is 1. The van der Waals surface area contributed by atoms with Crippen LogP contribution in [0.25, 0.3) is 0 Å². The number of anilines is 1. The first-order valence-electron chi connectivity index (χ1n) is 3.98. The van der Waals surface area contributed by atoms with E-state index in [4.69, 9.17) is 16.2 Å². The summed E-state index contributed by atoms with van der Waals surface area (Å²) in [4.78, 5) is 11.0. The first kappa shape index (κ1) is 9.54. The third-order valence-corrected chi connectivity index (χ3v) is 1.46. The number of carbonyl (C=O) groups is 1. The molecule has 0 atom stereocenters. The fraction of sp³-hybridized carbons (Fsp3) is 0.222. The molecule has 0 unspecified atom stereocenters. The quantitative estimate of drug-likeness (QED) is 0.404. The molecule has 4 nitrogen and oxygen atoms in total. The lowest BCUT2D eigenvalue weighted by molar-refractivity contribution is -0.134. The maximum Gasteiger partial charge on any atom is 0.312 e. The van der Waals surface area contributed by atoms with Gasteiger partial charge in [0.1, 0.15) is 5.75 Å². The Morgan fingerprint density at radius 3 is 2.46 bits per heavy atom. The zero-order valence-electron chi connectivity index (χ0n) is 7.19. The first-order chi connectivity index (χ1) is 6.22. The minimum atomic E-state index is -0.327. The molecular weight excluding hydrogens is 168 g/mol. The van der Waals surface area contributed by atoms with Crippen molar-refractivity contribution in [2.75, 3.05) is 12.3 Å². The highest BCUT2D eigenvalue weighted by Crippen LogP contribution is 2.13. The van der Waals surface area contributed by atoms with E-state index in [0.29, 0.717) is 18.0 Å². The molecule has 0 heterocycles. The molecule has 0 bridgehead atoms. The van der Waals surface area contributed by atoms with Crippen molar-refractivity contribution < 1.29 is 9.53 Å². The highest BCUT2D eigenvalue weighted by Gasteiger charge is 2.01. The van der Waals surface area contributed by atoms with Gasteiger partial charge in [-0.25, -0.2) is 0 Å². The SMILES string of the molecule is NCCC(=O)Oc1ccc(N)cc1. The molecular formula is C9H12N2O2. The lowest BCUT2D eigenvalue weighted by Gasteiger charge is -2.02. The van der Waals surface area contributed by atoms with Crippen molar-refractivity contribution in [1.82, 2.24) is 0 Å². The fourth-order valence-corrected chi connectivity index (χ4v) is 0.836. The number of rotatable bonds is 3. The number of nitrogens with two attached hydrogens (primary N) is 2. The smallest absolute Gasteiger partial charge is 0.312 e. The van der Waals surface area contributed by atoms with Crippen molar-refractivity contribution in [2.24, 2.45) is 5.73 Å². The van der Waals surface area contributed by atoms with E-state index >= 15 is 0 Å². The van der Waals surface area contributed by atoms with Crippen LogP contribution in [0.1, 0.15) is 6.42 Å². The largest absolute Gasteiger partial charge is 0.426 e. The molecule has 13 heavy (non-hydrogen) atoms. The van der Waals surface area contributed by atoms with Gasteiger partial charge < -0.3 is 16.2 Å². The molecule has 4 N–H and O–H groups in total. The number of ether oxygens (including phenoxy) is 1. The number of nitrogen functional groups attached to an aromatic ring is 1. The second-order valence-corrected chi connectivity index (χ2v) is 2.58. The van der Waals surface area contributed by atoms with E-state index in [0.717, 1.165) is 0 Å². The lowest BCUT2D eigenvalue weighted by Crippen LogP contribution is -2.13. The van der Waals surface area contributed by atoms with Crippen LogP contribution in [-0.4, -0.2) is 12.5 Å². The summed E-state index contributed by atoms with van der Waals surface area (Å²) in [5, 5.41) is 0. The molecule has 0 fully saturated rings. The van der Waals surface area contributed by atoms with Gasteiger partial charge in [-0.1, -0.05) is 0 Å². The Morgan fingerprint density at radius 1 is 1.31 bits per heavy atom. The second-order valence-electron chi connectivity index (χ2n) is 2.58. The van der Waals surface area contributed by atoms with E-state index in [1.165, 1.54) is 0 Å². The molecule has 1 rings (SSSR count). The monoisotopic (exact) mass is 180 g/mol. The van der Waals surface area contributed by atoms with E-state index in [2.05, 4.69) is 0 Å². The van der Waals surface area contributed by atoms with E-state index in [-0.39, 0.29) is 12.4 Å². The van der Waals surface area contributed by atoms with Gasteiger partial charge >= 0.3 is 5.97 Å². The Morgan fingerprint density at radius 2 is 1.92 bits per heavy atom. The first-order valence-corrected chi connectivity index (χ1v) is 3.98. The highest BCUT2D eigenvalue weighted by atomic mass is 16.5.